The number of carbonyl (C=O) groups is 3. The Kier molecular flexibility index (Phi) is 32.8. The van der Waals surface area contributed by atoms with Crippen LogP contribution in [0.1, 0.15) is 0 Å². The minimum atomic E-state index is -1.41. The van der Waals surface area contributed by atoms with E-state index in [1.807, 2.05) is 0 Å². The summed E-state index contributed by atoms with van der Waals surface area (Å²) in [5, 5.41) is 55.7. The van der Waals surface area contributed by atoms with E-state index in [9.17, 15) is 45.0 Å². The van der Waals surface area contributed by atoms with Gasteiger partial charge in [0.05, 0.1) is 17.9 Å². The Hall–Kier alpha value is -1.22. The summed E-state index contributed by atoms with van der Waals surface area (Å²) < 4.78 is 0. The van der Waals surface area contributed by atoms with Crippen molar-refractivity contribution in [1.82, 2.24) is 0 Å². The van der Waals surface area contributed by atoms with Crippen LogP contribution in [0, 0.1) is 0 Å². The van der Waals surface area contributed by atoms with E-state index in [1.54, 1.807) is 0 Å². The first-order valence-corrected chi connectivity index (χ1v) is 6.41. The normalized spacial score (nSPS) is 8.77. The van der Waals surface area contributed by atoms with Gasteiger partial charge in [-0.2, -0.15) is 0 Å². The van der Waals surface area contributed by atoms with Crippen LogP contribution in [0.15, 0.2) is 36.5 Å². The first-order valence-electron chi connectivity index (χ1n) is 5.18. The number of carboxylic acid groups (broad SMARTS) is 3. The minimum absolute atomic E-state index is 0. The summed E-state index contributed by atoms with van der Waals surface area (Å²) >= 11 is 11.9. The fourth-order valence-corrected chi connectivity index (χ4v) is 0.612. The Labute approximate surface area is 194 Å². The zero-order chi connectivity index (χ0) is 19.7. The molecule has 0 aromatic heterocycles. The van der Waals surface area contributed by atoms with Crippen LogP contribution in [-0.4, -0.2) is 33.1 Å². The smallest absolute Gasteiger partial charge is 0.864 e. The molecular formula is C12H6Au2O9S3. The zero-order valence-electron chi connectivity index (χ0n) is 12.0. The Balaban J connectivity index is -0.0000000817. The van der Waals surface area contributed by atoms with Gasteiger partial charge in [0.2, 0.25) is 0 Å². The van der Waals surface area contributed by atoms with Gasteiger partial charge in [-0.1, -0.05) is 54.9 Å². The van der Waals surface area contributed by atoms with Gasteiger partial charge in [0.15, 0.2) is 0 Å². The van der Waals surface area contributed by atoms with Crippen molar-refractivity contribution in [3.8, 4) is 0 Å². The van der Waals surface area contributed by atoms with E-state index in [4.69, 9.17) is 0 Å². The van der Waals surface area contributed by atoms with E-state index < -0.39 is 33.1 Å². The van der Waals surface area contributed by atoms with Gasteiger partial charge in [-0.05, 0) is 33.4 Å². The molecule has 0 aromatic carbocycles. The van der Waals surface area contributed by atoms with E-state index in [0.29, 0.717) is 18.2 Å². The van der Waals surface area contributed by atoms with Crippen molar-refractivity contribution >= 4 is 69.7 Å². The quantitative estimate of drug-likeness (QED) is 0.141. The van der Waals surface area contributed by atoms with Crippen LogP contribution in [-0.2, 0) is 59.1 Å². The number of hydrogen-bond acceptors (Lipinski definition) is 12. The molecule has 26 heavy (non-hydrogen) atoms. The molecule has 0 saturated carbocycles. The van der Waals surface area contributed by atoms with E-state index in [0.717, 1.165) is 18.2 Å². The number of carboxylic acids is 3. The molecule has 14 heteroatoms. The van der Waals surface area contributed by atoms with Crippen LogP contribution in [0.5, 0.6) is 0 Å². The Morgan fingerprint density at radius 1 is 0.462 bits per heavy atom. The molecule has 0 aromatic rings. The second kappa shape index (κ2) is 23.8. The van der Waals surface area contributed by atoms with E-state index in [2.05, 4.69) is 36.7 Å². The maximum absolute atomic E-state index is 9.79. The second-order valence-electron chi connectivity index (χ2n) is 2.91. The molecule has 0 unspecified atom stereocenters. The van der Waals surface area contributed by atoms with Crippen LogP contribution < -0.4 is 30.6 Å². The molecule has 0 radical (unpaired) electrons. The van der Waals surface area contributed by atoms with Gasteiger partial charge in [-0.15, -0.1) is 0 Å². The Morgan fingerprint density at radius 2 is 0.615 bits per heavy atom. The maximum atomic E-state index is 9.79. The molecule has 0 spiro atoms. The van der Waals surface area contributed by atoms with Gasteiger partial charge in [0, 0.05) is 0 Å². The van der Waals surface area contributed by atoms with Gasteiger partial charge >= 0.3 is 44.8 Å². The van der Waals surface area contributed by atoms with Crippen LogP contribution in [0.25, 0.3) is 0 Å². The number of hydrogen-bond donors (Lipinski definition) is 0. The first kappa shape index (κ1) is 35.8. The summed E-state index contributed by atoms with van der Waals surface area (Å²) in [7, 11) is 0. The van der Waals surface area contributed by atoms with E-state index in [-0.39, 0.29) is 44.8 Å². The van der Waals surface area contributed by atoms with Crippen LogP contribution in [0.3, 0.4) is 0 Å². The van der Waals surface area contributed by atoms with E-state index >= 15 is 0 Å². The summed E-state index contributed by atoms with van der Waals surface area (Å²) in [6, 6.07) is 0. The topological polar surface area (TPSA) is 190 Å². The summed E-state index contributed by atoms with van der Waals surface area (Å²) in [6.45, 7) is 0. The van der Waals surface area contributed by atoms with Gasteiger partial charge in [-0.25, -0.2) is 0 Å². The maximum Gasteiger partial charge on any atom is 3.00 e. The van der Waals surface area contributed by atoms with Crippen molar-refractivity contribution in [3.63, 3.8) is 0 Å². The van der Waals surface area contributed by atoms with Gasteiger partial charge in [-0.3, -0.25) is 0 Å². The predicted molar refractivity (Wildman–Crippen MR) is 80.2 cm³/mol. The third-order valence-corrected chi connectivity index (χ3v) is 1.47. The van der Waals surface area contributed by atoms with Gasteiger partial charge in [0.1, 0.15) is 0 Å². The third kappa shape index (κ3) is 56.9. The molecule has 0 amide bonds. The Morgan fingerprint density at radius 3 is 0.654 bits per heavy atom. The molecule has 0 aliphatic carbocycles. The molecular weight excluding hydrogens is 778 g/mol. The van der Waals surface area contributed by atoms with Crippen LogP contribution in [0.2, 0.25) is 0 Å². The van der Waals surface area contributed by atoms with Crippen molar-refractivity contribution in [3.05, 3.63) is 36.5 Å². The molecule has 0 aliphatic rings. The van der Waals surface area contributed by atoms with Gasteiger partial charge < -0.3 is 45.0 Å². The molecule has 0 N–H and O–H groups in total. The zero-order valence-corrected chi connectivity index (χ0v) is 18.7. The largest absolute Gasteiger partial charge is 3.00 e. The van der Waals surface area contributed by atoms with Crippen molar-refractivity contribution in [2.75, 3.05) is 0 Å². The molecule has 0 saturated heterocycles. The standard InChI is InChI=1S/3C4H4O3S.2Au/c3*5-3(6)1-2-4(7)8;;/h3*1-2H,(H,5,6)(H,7,8);;/q;;;2*+3/p-6/b3*2-1-;;. The molecule has 0 fully saturated rings. The fraction of sp³-hybridized carbons (Fsp3) is 0. The molecule has 0 aliphatic heterocycles. The van der Waals surface area contributed by atoms with Crippen molar-refractivity contribution in [1.29, 1.82) is 0 Å². The SMILES string of the molecule is O=C([O-])/C=C\C([O-])=S.O=C([O-])/C=C\C([O-])=S.O=C([O-])/C=C\C([O-])=S.[Au+3].[Au+3]. The van der Waals surface area contributed by atoms with Crippen molar-refractivity contribution in [2.45, 2.75) is 0 Å². The summed E-state index contributed by atoms with van der Waals surface area (Å²) in [5.74, 6) is -4.24. The first-order chi connectivity index (χ1) is 10.9. The second-order valence-corrected chi connectivity index (χ2v) is 4.12. The predicted octanol–water partition coefficient (Wildman–Crippen LogP) is -6.06. The summed E-state index contributed by atoms with van der Waals surface area (Å²) in [5.41, 5.74) is 0. The monoisotopic (exact) mass is 784 g/mol. The number of aliphatic carboxylic acids is 3. The van der Waals surface area contributed by atoms with Crippen LogP contribution >= 0.6 is 36.7 Å². The minimum Gasteiger partial charge on any atom is -0.864 e. The van der Waals surface area contributed by atoms with E-state index in [1.165, 1.54) is 0 Å². The third-order valence-electron chi connectivity index (χ3n) is 1.07. The molecule has 0 bridgehead atoms. The van der Waals surface area contributed by atoms with Crippen molar-refractivity contribution < 1.29 is 89.8 Å². The number of rotatable bonds is 6. The fourth-order valence-electron chi connectivity index (χ4n) is 0.408. The molecule has 9 nitrogen and oxygen atoms in total. The summed E-state index contributed by atoms with van der Waals surface area (Å²) in [4.78, 5) is 28.5. The number of thiocarbonyl (C=S) groups is 3. The molecule has 148 valence electrons. The van der Waals surface area contributed by atoms with Gasteiger partial charge in [0.25, 0.3) is 0 Å². The number of carbonyl (C=O) groups excluding carboxylic acids is 3. The molecule has 0 atom stereocenters. The average Bonchev–Trinajstić information content (AvgIpc) is 2.42. The molecule has 0 rings (SSSR count). The Bertz CT molecular complexity index is 458. The molecule has 0 heterocycles. The summed E-state index contributed by atoms with van der Waals surface area (Å²) in [6.07, 6.45) is 4.04. The average molecular weight is 784 g/mol. The van der Waals surface area contributed by atoms with Crippen LogP contribution in [0.4, 0.5) is 0 Å². The van der Waals surface area contributed by atoms with Crippen molar-refractivity contribution in [2.24, 2.45) is 0 Å².